The molecule has 0 saturated carbocycles. The van der Waals surface area contributed by atoms with Gasteiger partial charge in [0.05, 0.1) is 6.61 Å². The quantitative estimate of drug-likeness (QED) is 0.806. The van der Waals surface area contributed by atoms with Crippen LogP contribution in [0.5, 0.6) is 0 Å². The van der Waals surface area contributed by atoms with Gasteiger partial charge in [-0.3, -0.25) is 0 Å². The molecule has 0 bridgehead atoms. The minimum Gasteiger partial charge on any atom is -0.381 e. The maximum absolute atomic E-state index is 6.23. The summed E-state index contributed by atoms with van der Waals surface area (Å²) < 4.78 is 5.54. The number of halogens is 1. The molecular weight excluding hydrogens is 234 g/mol. The van der Waals surface area contributed by atoms with Crippen LogP contribution in [0.3, 0.4) is 0 Å². The Balaban J connectivity index is 2.71. The van der Waals surface area contributed by atoms with Crippen LogP contribution in [0.4, 0.5) is 0 Å². The van der Waals surface area contributed by atoms with E-state index in [-0.39, 0.29) is 0 Å². The van der Waals surface area contributed by atoms with Crippen LogP contribution >= 0.6 is 11.6 Å². The second-order valence-corrected chi connectivity index (χ2v) is 4.85. The van der Waals surface area contributed by atoms with Gasteiger partial charge < -0.3 is 10.1 Å². The van der Waals surface area contributed by atoms with Gasteiger partial charge in [-0.25, -0.2) is 0 Å². The summed E-state index contributed by atoms with van der Waals surface area (Å²) in [6, 6.07) is 8.47. The lowest BCUT2D eigenvalue weighted by Gasteiger charge is -2.20. The first-order chi connectivity index (χ1) is 8.15. The summed E-state index contributed by atoms with van der Waals surface area (Å²) in [6.45, 7) is 8.64. The van der Waals surface area contributed by atoms with E-state index in [1.165, 1.54) is 0 Å². The van der Waals surface area contributed by atoms with E-state index < -0.39 is 0 Å². The van der Waals surface area contributed by atoms with E-state index in [0.29, 0.717) is 18.6 Å². The Morgan fingerprint density at radius 2 is 2.00 bits per heavy atom. The van der Waals surface area contributed by atoms with E-state index in [9.17, 15) is 0 Å². The summed E-state index contributed by atoms with van der Waals surface area (Å²) in [4.78, 5) is 0. The SMILES string of the molecule is CCOCC(CNC(C)C)c1ccccc1Cl. The Bertz CT molecular complexity index is 328. The second-order valence-electron chi connectivity index (χ2n) is 4.44. The molecule has 1 aromatic rings. The molecule has 1 atom stereocenters. The molecule has 0 aliphatic carbocycles. The van der Waals surface area contributed by atoms with Crippen molar-refractivity contribution in [3.8, 4) is 0 Å². The van der Waals surface area contributed by atoms with Gasteiger partial charge in [-0.05, 0) is 18.6 Å². The molecule has 0 aliphatic rings. The number of hydrogen-bond acceptors (Lipinski definition) is 2. The van der Waals surface area contributed by atoms with Crippen LogP contribution in [0.2, 0.25) is 5.02 Å². The zero-order valence-electron chi connectivity index (χ0n) is 10.9. The van der Waals surface area contributed by atoms with Gasteiger partial charge >= 0.3 is 0 Å². The van der Waals surface area contributed by atoms with Crippen molar-refractivity contribution in [2.45, 2.75) is 32.7 Å². The normalized spacial score (nSPS) is 13.0. The molecule has 3 heteroatoms. The summed E-state index contributed by atoms with van der Waals surface area (Å²) in [5.74, 6) is 0.311. The minimum atomic E-state index is 0.311. The van der Waals surface area contributed by atoms with Crippen LogP contribution in [-0.4, -0.2) is 25.8 Å². The van der Waals surface area contributed by atoms with Crippen LogP contribution in [0.15, 0.2) is 24.3 Å². The number of benzene rings is 1. The van der Waals surface area contributed by atoms with Crippen molar-refractivity contribution in [1.82, 2.24) is 5.32 Å². The third-order valence-corrected chi connectivity index (χ3v) is 2.98. The smallest absolute Gasteiger partial charge is 0.0547 e. The van der Waals surface area contributed by atoms with Crippen LogP contribution in [0.25, 0.3) is 0 Å². The minimum absolute atomic E-state index is 0.311. The average Bonchev–Trinajstić information content (AvgIpc) is 2.30. The van der Waals surface area contributed by atoms with Gasteiger partial charge in [0.2, 0.25) is 0 Å². The molecule has 2 nitrogen and oxygen atoms in total. The second kappa shape index (κ2) is 7.70. The molecule has 0 spiro atoms. The third-order valence-electron chi connectivity index (χ3n) is 2.64. The monoisotopic (exact) mass is 255 g/mol. The van der Waals surface area contributed by atoms with Crippen molar-refractivity contribution in [2.75, 3.05) is 19.8 Å². The summed E-state index contributed by atoms with van der Waals surface area (Å²) in [5, 5.41) is 4.26. The Morgan fingerprint density at radius 1 is 1.29 bits per heavy atom. The highest BCUT2D eigenvalue weighted by molar-refractivity contribution is 6.31. The summed E-state index contributed by atoms with van der Waals surface area (Å²) in [6.07, 6.45) is 0. The van der Waals surface area contributed by atoms with Gasteiger partial charge in [0.25, 0.3) is 0 Å². The maximum atomic E-state index is 6.23. The van der Waals surface area contributed by atoms with Crippen molar-refractivity contribution >= 4 is 11.6 Å². The van der Waals surface area contributed by atoms with Gasteiger partial charge in [0.1, 0.15) is 0 Å². The highest BCUT2D eigenvalue weighted by atomic mass is 35.5. The van der Waals surface area contributed by atoms with Crippen molar-refractivity contribution in [2.24, 2.45) is 0 Å². The lowest BCUT2D eigenvalue weighted by molar-refractivity contribution is 0.131. The van der Waals surface area contributed by atoms with E-state index in [1.807, 2.05) is 25.1 Å². The molecule has 0 amide bonds. The van der Waals surface area contributed by atoms with Gasteiger partial charge in [0.15, 0.2) is 0 Å². The molecule has 1 N–H and O–H groups in total. The number of nitrogens with one attached hydrogen (secondary N) is 1. The number of rotatable bonds is 7. The van der Waals surface area contributed by atoms with Gasteiger partial charge in [-0.2, -0.15) is 0 Å². The Morgan fingerprint density at radius 3 is 2.59 bits per heavy atom. The molecule has 0 aromatic heterocycles. The van der Waals surface area contributed by atoms with Crippen molar-refractivity contribution < 1.29 is 4.74 Å². The van der Waals surface area contributed by atoms with Crippen LogP contribution < -0.4 is 5.32 Å². The van der Waals surface area contributed by atoms with Crippen molar-refractivity contribution in [1.29, 1.82) is 0 Å². The van der Waals surface area contributed by atoms with E-state index in [2.05, 4.69) is 25.2 Å². The third kappa shape index (κ3) is 5.07. The zero-order valence-corrected chi connectivity index (χ0v) is 11.6. The standard InChI is InChI=1S/C14H22ClNO/c1-4-17-10-12(9-16-11(2)3)13-7-5-6-8-14(13)15/h5-8,11-12,16H,4,9-10H2,1-3H3. The highest BCUT2D eigenvalue weighted by Crippen LogP contribution is 2.24. The molecule has 1 rings (SSSR count). The highest BCUT2D eigenvalue weighted by Gasteiger charge is 2.14. The number of ether oxygens (including phenoxy) is 1. The fraction of sp³-hybridized carbons (Fsp3) is 0.571. The molecule has 1 aromatic carbocycles. The molecule has 0 saturated heterocycles. The molecule has 17 heavy (non-hydrogen) atoms. The lowest BCUT2D eigenvalue weighted by Crippen LogP contribution is -2.30. The van der Waals surface area contributed by atoms with E-state index in [0.717, 1.165) is 23.7 Å². The Labute approximate surface area is 109 Å². The predicted octanol–water partition coefficient (Wildman–Crippen LogP) is 3.46. The van der Waals surface area contributed by atoms with Gasteiger partial charge in [-0.1, -0.05) is 43.6 Å². The first-order valence-corrected chi connectivity index (χ1v) is 6.58. The number of hydrogen-bond donors (Lipinski definition) is 1. The topological polar surface area (TPSA) is 21.3 Å². The molecule has 0 aliphatic heterocycles. The van der Waals surface area contributed by atoms with Gasteiger partial charge in [0, 0.05) is 30.1 Å². The molecule has 96 valence electrons. The van der Waals surface area contributed by atoms with Crippen molar-refractivity contribution in [3.63, 3.8) is 0 Å². The summed E-state index contributed by atoms with van der Waals surface area (Å²) >= 11 is 6.23. The molecule has 0 heterocycles. The first-order valence-electron chi connectivity index (χ1n) is 6.20. The van der Waals surface area contributed by atoms with Gasteiger partial charge in [-0.15, -0.1) is 0 Å². The summed E-state index contributed by atoms with van der Waals surface area (Å²) in [5.41, 5.74) is 1.16. The Hall–Kier alpha value is -0.570. The molecular formula is C14H22ClNO. The molecule has 0 radical (unpaired) electrons. The van der Waals surface area contributed by atoms with Crippen molar-refractivity contribution in [3.05, 3.63) is 34.9 Å². The Kier molecular flexibility index (Phi) is 6.56. The van der Waals surface area contributed by atoms with Crippen LogP contribution in [0.1, 0.15) is 32.3 Å². The lowest BCUT2D eigenvalue weighted by atomic mass is 9.99. The molecule has 1 unspecified atom stereocenters. The maximum Gasteiger partial charge on any atom is 0.0547 e. The van der Waals surface area contributed by atoms with E-state index in [4.69, 9.17) is 16.3 Å². The zero-order chi connectivity index (χ0) is 12.7. The van der Waals surface area contributed by atoms with E-state index in [1.54, 1.807) is 0 Å². The fourth-order valence-corrected chi connectivity index (χ4v) is 1.99. The first kappa shape index (κ1) is 14.5. The van der Waals surface area contributed by atoms with Crippen LogP contribution in [0, 0.1) is 0 Å². The largest absolute Gasteiger partial charge is 0.381 e. The fourth-order valence-electron chi connectivity index (χ4n) is 1.70. The predicted molar refractivity (Wildman–Crippen MR) is 73.8 cm³/mol. The average molecular weight is 256 g/mol. The van der Waals surface area contributed by atoms with E-state index >= 15 is 0 Å². The summed E-state index contributed by atoms with van der Waals surface area (Å²) in [7, 11) is 0. The van der Waals surface area contributed by atoms with Crippen LogP contribution in [-0.2, 0) is 4.74 Å². The molecule has 0 fully saturated rings.